The minimum Gasteiger partial charge on any atom is -0.493 e. The van der Waals surface area contributed by atoms with Crippen molar-refractivity contribution in [3.8, 4) is 5.88 Å². The fraction of sp³-hybridized carbons (Fsp3) is 0.600. The number of carboxylic acids is 1. The van der Waals surface area contributed by atoms with Gasteiger partial charge in [-0.3, -0.25) is 9.36 Å². The van der Waals surface area contributed by atoms with Gasteiger partial charge in [-0.05, 0) is 18.6 Å². The Morgan fingerprint density at radius 2 is 2.20 bits per heavy atom. The normalized spacial score (nSPS) is 22.1. The summed E-state index contributed by atoms with van der Waals surface area (Å²) in [6.45, 7) is 3.12. The van der Waals surface area contributed by atoms with Gasteiger partial charge in [0.05, 0.1) is 11.5 Å². The van der Waals surface area contributed by atoms with Crippen molar-refractivity contribution >= 4 is 35.6 Å². The molecule has 0 bridgehead atoms. The smallest absolute Gasteiger partial charge is 0.303 e. The number of rotatable bonds is 7. The molecule has 0 aromatic carbocycles. The second kappa shape index (κ2) is 7.83. The highest BCUT2D eigenvalue weighted by Crippen LogP contribution is 2.37. The number of aromatic hydroxyl groups is 1. The number of hydrogen-bond donors (Lipinski definition) is 4. The second-order valence-electron chi connectivity index (χ2n) is 6.04. The maximum absolute atomic E-state index is 10.6. The highest BCUT2D eigenvalue weighted by atomic mass is 32.1. The molecular weight excluding hydrogens is 370 g/mol. The lowest BCUT2D eigenvalue weighted by atomic mass is 10.1. The third-order valence-electron chi connectivity index (χ3n) is 3.53. The van der Waals surface area contributed by atoms with Crippen LogP contribution in [-0.4, -0.2) is 55.6 Å². The molecule has 1 saturated heterocycles. The van der Waals surface area contributed by atoms with E-state index in [2.05, 4.69) is 0 Å². The summed E-state index contributed by atoms with van der Waals surface area (Å²) in [6, 6.07) is 0. The topological polar surface area (TPSA) is 121 Å². The average Bonchev–Trinajstić information content (AvgIpc) is 2.96. The summed E-state index contributed by atoms with van der Waals surface area (Å²) < 4.78 is 13.1. The molecule has 8 nitrogen and oxygen atoms in total. The molecule has 10 heteroatoms. The van der Waals surface area contributed by atoms with Gasteiger partial charge in [0.25, 0.3) is 0 Å². The first-order valence-corrected chi connectivity index (χ1v) is 8.89. The molecule has 1 aromatic heterocycles. The van der Waals surface area contributed by atoms with Crippen LogP contribution in [0.2, 0.25) is 0 Å². The molecule has 1 aromatic rings. The molecule has 140 valence electrons. The van der Waals surface area contributed by atoms with Crippen molar-refractivity contribution in [3.63, 3.8) is 0 Å². The number of nitrogens with zero attached hydrogens (tertiary/aromatic N) is 1. The van der Waals surface area contributed by atoms with Crippen LogP contribution in [0.5, 0.6) is 5.88 Å². The molecule has 1 aliphatic heterocycles. The molecule has 4 N–H and O–H groups in total. The maximum atomic E-state index is 10.6. The molecule has 0 radical (unpaired) electrons. The van der Waals surface area contributed by atoms with Crippen LogP contribution in [0.3, 0.4) is 0 Å². The minimum atomic E-state index is -1.17. The van der Waals surface area contributed by atoms with E-state index in [9.17, 15) is 15.0 Å². The van der Waals surface area contributed by atoms with Gasteiger partial charge >= 0.3 is 5.97 Å². The van der Waals surface area contributed by atoms with Crippen molar-refractivity contribution in [2.75, 3.05) is 6.61 Å². The summed E-state index contributed by atoms with van der Waals surface area (Å²) in [4.78, 5) is 11.0. The molecule has 0 spiro atoms. The van der Waals surface area contributed by atoms with Crippen molar-refractivity contribution in [1.29, 1.82) is 0 Å². The number of carboxylic acid groups (broad SMARTS) is 1. The predicted octanol–water partition coefficient (Wildman–Crippen LogP) is 1.70. The van der Waals surface area contributed by atoms with E-state index in [1.807, 2.05) is 0 Å². The second-order valence-corrected chi connectivity index (χ2v) is 7.72. The number of aliphatic hydroxyl groups is 2. The molecule has 1 fully saturated rings. The average molecular weight is 391 g/mol. The molecule has 1 aliphatic rings. The third kappa shape index (κ3) is 4.79. The summed E-state index contributed by atoms with van der Waals surface area (Å²) in [5, 5.41) is 38.1. The fourth-order valence-electron chi connectivity index (χ4n) is 2.43. The van der Waals surface area contributed by atoms with Crippen LogP contribution in [0.25, 0.3) is 6.08 Å². The molecule has 0 saturated carbocycles. The number of ether oxygens (including phenoxy) is 2. The van der Waals surface area contributed by atoms with Gasteiger partial charge in [0.15, 0.2) is 3.95 Å². The van der Waals surface area contributed by atoms with Gasteiger partial charge in [-0.1, -0.05) is 0 Å². The maximum Gasteiger partial charge on any atom is 0.303 e. The Kier molecular flexibility index (Phi) is 6.22. The van der Waals surface area contributed by atoms with Crippen molar-refractivity contribution in [2.24, 2.45) is 0 Å². The first-order valence-electron chi connectivity index (χ1n) is 7.66. The highest BCUT2D eigenvalue weighted by molar-refractivity contribution is 7.73. The number of aromatic nitrogens is 1. The van der Waals surface area contributed by atoms with Crippen LogP contribution in [0.15, 0.2) is 5.76 Å². The third-order valence-corrected chi connectivity index (χ3v) is 4.92. The molecule has 2 unspecified atom stereocenters. The predicted molar refractivity (Wildman–Crippen MR) is 92.8 cm³/mol. The Balaban J connectivity index is 2.27. The quantitative estimate of drug-likeness (QED) is 0.518. The van der Waals surface area contributed by atoms with Gasteiger partial charge in [0, 0.05) is 32.9 Å². The Labute approximate surface area is 153 Å². The van der Waals surface area contributed by atoms with Crippen LogP contribution in [0, 0.1) is 3.95 Å². The van der Waals surface area contributed by atoms with Crippen molar-refractivity contribution in [3.05, 3.63) is 14.6 Å². The van der Waals surface area contributed by atoms with Crippen molar-refractivity contribution in [1.82, 2.24) is 4.57 Å². The van der Waals surface area contributed by atoms with Gasteiger partial charge in [-0.25, -0.2) is 0 Å². The molecule has 0 amide bonds. The Morgan fingerprint density at radius 3 is 2.80 bits per heavy atom. The molecule has 0 aliphatic carbocycles. The standard InChI is InChI=1S/C15H21NO7S2/c1-15(2)22-9(12(23-15)8(18)7-17)6-10-13(21)16(14(24)25-10)5-3-4-11(19)20/h6,8,12,17-18,21H,3-5,7H2,1-2H3,(H,19,20). The fourth-order valence-corrected chi connectivity index (χ4v) is 3.73. The highest BCUT2D eigenvalue weighted by Gasteiger charge is 2.41. The van der Waals surface area contributed by atoms with Crippen LogP contribution in [0.4, 0.5) is 0 Å². The Hall–Kier alpha value is -1.46. The summed E-state index contributed by atoms with van der Waals surface area (Å²) in [5.41, 5.74) is 0. The van der Waals surface area contributed by atoms with E-state index in [4.69, 9.17) is 31.9 Å². The number of carbonyl (C=O) groups is 1. The van der Waals surface area contributed by atoms with Gasteiger partial charge in [-0.15, -0.1) is 11.3 Å². The zero-order valence-corrected chi connectivity index (χ0v) is 15.5. The molecule has 2 atom stereocenters. The summed E-state index contributed by atoms with van der Waals surface area (Å²) >= 11 is 6.35. The largest absolute Gasteiger partial charge is 0.493 e. The molecular formula is C15H21NO7S2. The Morgan fingerprint density at radius 1 is 1.52 bits per heavy atom. The summed E-state index contributed by atoms with van der Waals surface area (Å²) in [7, 11) is 0. The van der Waals surface area contributed by atoms with E-state index >= 15 is 0 Å². The molecule has 25 heavy (non-hydrogen) atoms. The molecule has 2 rings (SSSR count). The SMILES string of the molecule is CC1(C)OC(=Cc2sc(=S)n(CCCC(=O)O)c2O)C(C(O)CO)O1. The summed E-state index contributed by atoms with van der Waals surface area (Å²) in [5.74, 6) is -1.72. The van der Waals surface area contributed by atoms with E-state index in [1.54, 1.807) is 13.8 Å². The van der Waals surface area contributed by atoms with Crippen LogP contribution in [-0.2, 0) is 20.8 Å². The van der Waals surface area contributed by atoms with E-state index in [0.29, 0.717) is 15.3 Å². The lowest BCUT2D eigenvalue weighted by Gasteiger charge is -2.17. The lowest BCUT2D eigenvalue weighted by Crippen LogP contribution is -2.32. The number of aliphatic hydroxyl groups excluding tert-OH is 2. The first-order chi connectivity index (χ1) is 11.6. The van der Waals surface area contributed by atoms with Crippen LogP contribution in [0.1, 0.15) is 31.6 Å². The van der Waals surface area contributed by atoms with Gasteiger partial charge in [0.1, 0.15) is 18.0 Å². The minimum absolute atomic E-state index is 0.0244. The van der Waals surface area contributed by atoms with E-state index in [1.165, 1.54) is 10.6 Å². The monoisotopic (exact) mass is 391 g/mol. The van der Waals surface area contributed by atoms with Crippen LogP contribution < -0.4 is 0 Å². The summed E-state index contributed by atoms with van der Waals surface area (Å²) in [6.07, 6.45) is -0.204. The van der Waals surface area contributed by atoms with E-state index in [-0.39, 0.29) is 24.6 Å². The first kappa shape index (κ1) is 19.9. The van der Waals surface area contributed by atoms with E-state index < -0.39 is 30.6 Å². The van der Waals surface area contributed by atoms with Gasteiger partial charge < -0.3 is 29.9 Å². The van der Waals surface area contributed by atoms with E-state index in [0.717, 1.165) is 11.3 Å². The van der Waals surface area contributed by atoms with Crippen LogP contribution >= 0.6 is 23.6 Å². The molecule has 2 heterocycles. The number of aliphatic carboxylic acids is 1. The number of thiazole rings is 1. The lowest BCUT2D eigenvalue weighted by molar-refractivity contribution is -0.151. The zero-order chi connectivity index (χ0) is 18.8. The van der Waals surface area contributed by atoms with Crippen molar-refractivity contribution < 1.29 is 34.7 Å². The van der Waals surface area contributed by atoms with Crippen molar-refractivity contribution in [2.45, 2.75) is 51.2 Å². The van der Waals surface area contributed by atoms with Gasteiger partial charge in [-0.2, -0.15) is 0 Å². The van der Waals surface area contributed by atoms with Gasteiger partial charge in [0.2, 0.25) is 11.7 Å². The number of hydrogen-bond acceptors (Lipinski definition) is 8. The Bertz CT molecular complexity index is 722. The zero-order valence-electron chi connectivity index (χ0n) is 13.8.